The minimum Gasteiger partial charge on any atom is -0.499 e. The lowest BCUT2D eigenvalue weighted by molar-refractivity contribution is -0.141. The number of imide groups is 1. The number of carbonyl (C=O) groups excluding carboxylic acids is 4. The number of alkyl carbamates (subject to hydrolysis) is 1. The van der Waals surface area contributed by atoms with Crippen LogP contribution in [-0.2, 0) is 28.5 Å². The SMILES string of the molecule is C=C(NCCCCCCN(C(=O)NCCCCCCNC(=O)OCC(C)(C)C=NC(C)C(=C)OC)C(=O)OCCCCCCCCCCCC)OCC(C)(C)C=NC(C)C(=O)OC. The Morgan fingerprint density at radius 1 is 0.603 bits per heavy atom. The molecule has 0 fully saturated rings. The fourth-order valence-corrected chi connectivity index (χ4v) is 5.98. The van der Waals surface area contributed by atoms with Gasteiger partial charge in [0, 0.05) is 49.4 Å². The molecule has 0 spiro atoms. The molecule has 0 aliphatic rings. The second kappa shape index (κ2) is 36.1. The number of methoxy groups -OCH3 is 2. The Bertz CT molecular complexity index is 1350. The van der Waals surface area contributed by atoms with Gasteiger partial charge in [0.2, 0.25) is 0 Å². The van der Waals surface area contributed by atoms with Crippen LogP contribution in [0.2, 0.25) is 0 Å². The van der Waals surface area contributed by atoms with Crippen molar-refractivity contribution in [2.75, 3.05) is 60.2 Å². The molecular weight excluding hydrogens is 805 g/mol. The van der Waals surface area contributed by atoms with Crippen molar-refractivity contribution in [1.82, 2.24) is 20.9 Å². The third-order valence-electron chi connectivity index (χ3n) is 10.2. The summed E-state index contributed by atoms with van der Waals surface area (Å²) in [4.78, 5) is 60.1. The van der Waals surface area contributed by atoms with E-state index in [1.807, 2.05) is 34.6 Å². The van der Waals surface area contributed by atoms with Gasteiger partial charge >= 0.3 is 24.2 Å². The number of hydrogen-bond acceptors (Lipinski definition) is 12. The zero-order chi connectivity index (χ0) is 47.4. The Morgan fingerprint density at radius 3 is 1.63 bits per heavy atom. The average molecular weight is 893 g/mol. The van der Waals surface area contributed by atoms with Crippen molar-refractivity contribution in [2.45, 2.75) is 176 Å². The highest BCUT2D eigenvalue weighted by Gasteiger charge is 2.23. The summed E-state index contributed by atoms with van der Waals surface area (Å²) < 4.78 is 26.6. The molecule has 0 aromatic heterocycles. The first-order valence-electron chi connectivity index (χ1n) is 23.6. The number of unbranched alkanes of at least 4 members (excludes halogenated alkanes) is 15. The van der Waals surface area contributed by atoms with E-state index in [2.05, 4.69) is 46.0 Å². The number of amides is 4. The number of aliphatic imine (C=N–C) groups is 2. The van der Waals surface area contributed by atoms with Gasteiger partial charge in [-0.2, -0.15) is 0 Å². The van der Waals surface area contributed by atoms with Crippen LogP contribution in [0.3, 0.4) is 0 Å². The first-order chi connectivity index (χ1) is 30.0. The Hall–Kier alpha value is -4.30. The number of esters is 1. The predicted octanol–water partition coefficient (Wildman–Crippen LogP) is 10.3. The van der Waals surface area contributed by atoms with Crippen LogP contribution >= 0.6 is 0 Å². The van der Waals surface area contributed by atoms with E-state index in [0.717, 1.165) is 64.2 Å². The van der Waals surface area contributed by atoms with Gasteiger partial charge in [0.15, 0.2) is 5.88 Å². The highest BCUT2D eigenvalue weighted by molar-refractivity contribution is 5.90. The molecule has 0 radical (unpaired) electrons. The smallest absolute Gasteiger partial charge is 0.417 e. The minimum absolute atomic E-state index is 0.182. The summed E-state index contributed by atoms with van der Waals surface area (Å²) in [6, 6.07) is -1.21. The van der Waals surface area contributed by atoms with Crippen molar-refractivity contribution in [3.05, 3.63) is 24.8 Å². The number of nitrogens with one attached hydrogen (secondary N) is 3. The van der Waals surface area contributed by atoms with E-state index in [-0.39, 0.29) is 19.2 Å². The molecule has 0 bridgehead atoms. The summed E-state index contributed by atoms with van der Waals surface area (Å²) in [5.74, 6) is 0.630. The van der Waals surface area contributed by atoms with Crippen LogP contribution in [0.1, 0.15) is 164 Å². The third kappa shape index (κ3) is 33.0. The molecule has 0 rings (SSSR count). The molecule has 0 aliphatic carbocycles. The summed E-state index contributed by atoms with van der Waals surface area (Å²) in [6.45, 7) is 24.0. The maximum Gasteiger partial charge on any atom is 0.417 e. The molecule has 0 aromatic rings. The summed E-state index contributed by atoms with van der Waals surface area (Å²) >= 11 is 0. The summed E-state index contributed by atoms with van der Waals surface area (Å²) in [7, 11) is 2.90. The van der Waals surface area contributed by atoms with Gasteiger partial charge < -0.3 is 39.6 Å². The molecule has 0 aromatic carbocycles. The summed E-state index contributed by atoms with van der Waals surface area (Å²) in [6.07, 6.45) is 20.6. The minimum atomic E-state index is -0.605. The second-order valence-electron chi connectivity index (χ2n) is 17.7. The van der Waals surface area contributed by atoms with Crippen LogP contribution in [0.4, 0.5) is 14.4 Å². The van der Waals surface area contributed by atoms with Crippen molar-refractivity contribution in [1.29, 1.82) is 0 Å². The van der Waals surface area contributed by atoms with Crippen LogP contribution in [0.15, 0.2) is 34.8 Å². The molecule has 0 heterocycles. The van der Waals surface area contributed by atoms with E-state index in [0.29, 0.717) is 50.9 Å². The Kier molecular flexibility index (Phi) is 33.6. The van der Waals surface area contributed by atoms with E-state index in [1.54, 1.807) is 26.5 Å². The molecule has 0 aliphatic heterocycles. The predicted molar refractivity (Wildman–Crippen MR) is 254 cm³/mol. The van der Waals surface area contributed by atoms with E-state index in [9.17, 15) is 19.2 Å². The molecule has 2 atom stereocenters. The summed E-state index contributed by atoms with van der Waals surface area (Å²) in [5.41, 5.74) is -0.856. The molecule has 364 valence electrons. The van der Waals surface area contributed by atoms with Crippen LogP contribution in [0.25, 0.3) is 0 Å². The zero-order valence-corrected chi connectivity index (χ0v) is 40.9. The number of hydrogen-bond donors (Lipinski definition) is 3. The molecule has 15 heteroatoms. The maximum absolute atomic E-state index is 13.2. The van der Waals surface area contributed by atoms with E-state index in [1.165, 1.54) is 57.0 Å². The first kappa shape index (κ1) is 58.7. The van der Waals surface area contributed by atoms with E-state index in [4.69, 9.17) is 23.7 Å². The molecule has 0 saturated heterocycles. The summed E-state index contributed by atoms with van der Waals surface area (Å²) in [5, 5.41) is 8.88. The average Bonchev–Trinajstić information content (AvgIpc) is 3.26. The van der Waals surface area contributed by atoms with Gasteiger partial charge in [0.1, 0.15) is 24.4 Å². The number of rotatable bonds is 38. The lowest BCUT2D eigenvalue weighted by Crippen LogP contribution is -2.45. The number of ether oxygens (including phenoxy) is 5. The topological polar surface area (TPSA) is 178 Å². The Labute approximate surface area is 381 Å². The molecule has 0 saturated carbocycles. The van der Waals surface area contributed by atoms with Crippen LogP contribution in [0, 0.1) is 10.8 Å². The van der Waals surface area contributed by atoms with Crippen LogP contribution in [-0.4, -0.2) is 114 Å². The third-order valence-corrected chi connectivity index (χ3v) is 10.2. The van der Waals surface area contributed by atoms with E-state index < -0.39 is 41.1 Å². The molecule has 15 nitrogen and oxygen atoms in total. The number of carbonyl (C=O) groups is 4. The van der Waals surface area contributed by atoms with Crippen molar-refractivity contribution in [3.8, 4) is 0 Å². The van der Waals surface area contributed by atoms with Gasteiger partial charge in [0.25, 0.3) is 0 Å². The Morgan fingerprint density at radius 2 is 1.08 bits per heavy atom. The molecule has 4 amide bonds. The lowest BCUT2D eigenvalue weighted by Gasteiger charge is -2.22. The monoisotopic (exact) mass is 893 g/mol. The van der Waals surface area contributed by atoms with Crippen molar-refractivity contribution in [3.63, 3.8) is 0 Å². The van der Waals surface area contributed by atoms with Gasteiger partial charge in [-0.1, -0.05) is 125 Å². The van der Waals surface area contributed by atoms with Crippen molar-refractivity contribution < 1.29 is 42.9 Å². The largest absolute Gasteiger partial charge is 0.499 e. The number of urea groups is 1. The molecule has 2 unspecified atom stereocenters. The molecule has 63 heavy (non-hydrogen) atoms. The quantitative estimate of drug-likeness (QED) is 0.0178. The van der Waals surface area contributed by atoms with Crippen molar-refractivity contribution in [2.24, 2.45) is 20.8 Å². The fourth-order valence-electron chi connectivity index (χ4n) is 5.98. The fraction of sp³-hybridized carbons (Fsp3) is 0.792. The highest BCUT2D eigenvalue weighted by atomic mass is 16.6. The standard InChI is InChI=1S/C48H88N6O9/c1-12-13-14-15-16-17-18-19-24-29-34-61-46(58)54(33-28-23-22-25-30-49-42(5)62-37-47(6,7)36-53-40(3)43(55)60-11)44(56)50-31-26-20-21-27-32-51-45(57)63-38-48(8,9)35-52-39(2)41(4)59-10/h35-36,39-40,49H,4-5,12-34,37-38H2,1-3,6-11H3,(H,50,56)(H,51,57). The van der Waals surface area contributed by atoms with Crippen molar-refractivity contribution >= 4 is 36.6 Å². The number of nitrogens with zero attached hydrogens (tertiary/aromatic N) is 3. The first-order valence-corrected chi connectivity index (χ1v) is 23.6. The van der Waals surface area contributed by atoms with E-state index >= 15 is 0 Å². The van der Waals surface area contributed by atoms with Crippen LogP contribution < -0.4 is 16.0 Å². The Balaban J connectivity index is 4.68. The maximum atomic E-state index is 13.2. The lowest BCUT2D eigenvalue weighted by atomic mass is 9.97. The van der Waals surface area contributed by atoms with Gasteiger partial charge in [0.05, 0.1) is 27.4 Å². The van der Waals surface area contributed by atoms with Gasteiger partial charge in [-0.3, -0.25) is 9.98 Å². The van der Waals surface area contributed by atoms with Crippen LogP contribution in [0.5, 0.6) is 0 Å². The highest BCUT2D eigenvalue weighted by Crippen LogP contribution is 2.16. The van der Waals surface area contributed by atoms with Gasteiger partial charge in [-0.15, -0.1) is 0 Å². The zero-order valence-electron chi connectivity index (χ0n) is 40.9. The van der Waals surface area contributed by atoms with Gasteiger partial charge in [-0.05, 0) is 52.5 Å². The molecule has 3 N–H and O–H groups in total. The normalized spacial score (nSPS) is 12.7. The second-order valence-corrected chi connectivity index (χ2v) is 17.7. The molecular formula is C48H88N6O9. The van der Waals surface area contributed by atoms with Gasteiger partial charge in [-0.25, -0.2) is 24.1 Å².